The number of rotatable bonds is 2. The SMILES string of the molecule is CCN1C(=O)C2(CCN(c3cnccn3)CC2)c2ccccc21. The summed E-state index contributed by atoms with van der Waals surface area (Å²) in [5.74, 6) is 1.16. The number of nitrogens with zero attached hydrogens (tertiary/aromatic N) is 4. The molecule has 0 saturated carbocycles. The highest BCUT2D eigenvalue weighted by Gasteiger charge is 2.51. The van der Waals surface area contributed by atoms with Crippen molar-refractivity contribution in [3.05, 3.63) is 48.4 Å². The van der Waals surface area contributed by atoms with Crippen LogP contribution >= 0.6 is 0 Å². The fraction of sp³-hybridized carbons (Fsp3) is 0.389. The molecule has 1 amide bonds. The molecule has 2 aliphatic rings. The van der Waals surface area contributed by atoms with E-state index in [0.717, 1.165) is 44.0 Å². The van der Waals surface area contributed by atoms with Crippen LogP contribution in [0.2, 0.25) is 0 Å². The molecule has 1 aromatic carbocycles. The summed E-state index contributed by atoms with van der Waals surface area (Å²) in [6, 6.07) is 8.26. The van der Waals surface area contributed by atoms with Gasteiger partial charge in [-0.15, -0.1) is 0 Å². The molecule has 0 bridgehead atoms. The van der Waals surface area contributed by atoms with Gasteiger partial charge in [-0.3, -0.25) is 9.78 Å². The summed E-state index contributed by atoms with van der Waals surface area (Å²) >= 11 is 0. The second-order valence-corrected chi connectivity index (χ2v) is 6.20. The Morgan fingerprint density at radius 1 is 1.17 bits per heavy atom. The molecule has 23 heavy (non-hydrogen) atoms. The molecule has 0 N–H and O–H groups in total. The molecule has 2 aromatic rings. The van der Waals surface area contributed by atoms with Crippen molar-refractivity contribution in [2.45, 2.75) is 25.2 Å². The van der Waals surface area contributed by atoms with Crippen LogP contribution in [0, 0.1) is 0 Å². The number of likely N-dealkylation sites (N-methyl/N-ethyl adjacent to an activating group) is 1. The summed E-state index contributed by atoms with van der Waals surface area (Å²) in [6.45, 7) is 4.43. The smallest absolute Gasteiger partial charge is 0.237 e. The maximum atomic E-state index is 13.1. The predicted molar refractivity (Wildman–Crippen MR) is 89.6 cm³/mol. The number of amides is 1. The first-order valence-corrected chi connectivity index (χ1v) is 8.19. The van der Waals surface area contributed by atoms with Crippen molar-refractivity contribution in [3.63, 3.8) is 0 Å². The Bertz CT molecular complexity index is 723. The maximum Gasteiger partial charge on any atom is 0.237 e. The molecule has 3 heterocycles. The van der Waals surface area contributed by atoms with Gasteiger partial charge in [0, 0.05) is 37.7 Å². The van der Waals surface area contributed by atoms with Gasteiger partial charge in [0.15, 0.2) is 0 Å². The van der Waals surface area contributed by atoms with Gasteiger partial charge in [0.1, 0.15) is 5.82 Å². The molecule has 0 unspecified atom stereocenters. The lowest BCUT2D eigenvalue weighted by Crippen LogP contribution is -2.49. The molecular formula is C18H20N4O. The van der Waals surface area contributed by atoms with E-state index in [-0.39, 0.29) is 11.3 Å². The molecule has 2 aliphatic heterocycles. The van der Waals surface area contributed by atoms with Gasteiger partial charge in [-0.1, -0.05) is 18.2 Å². The Morgan fingerprint density at radius 3 is 2.65 bits per heavy atom. The molecule has 5 nitrogen and oxygen atoms in total. The molecule has 4 rings (SSSR count). The van der Waals surface area contributed by atoms with Gasteiger partial charge in [-0.05, 0) is 31.4 Å². The van der Waals surface area contributed by atoms with Gasteiger partial charge in [0.2, 0.25) is 5.91 Å². The molecule has 0 radical (unpaired) electrons. The predicted octanol–water partition coefficient (Wildman–Crippen LogP) is 2.38. The first-order valence-electron chi connectivity index (χ1n) is 8.19. The lowest BCUT2D eigenvalue weighted by atomic mass is 9.73. The van der Waals surface area contributed by atoms with Crippen molar-refractivity contribution >= 4 is 17.4 Å². The third-order valence-corrected chi connectivity index (χ3v) is 5.17. The minimum atomic E-state index is -0.356. The minimum absolute atomic E-state index is 0.264. The summed E-state index contributed by atoms with van der Waals surface area (Å²) in [5.41, 5.74) is 1.93. The number of aromatic nitrogens is 2. The summed E-state index contributed by atoms with van der Waals surface area (Å²) in [5, 5.41) is 0. The highest BCUT2D eigenvalue weighted by atomic mass is 16.2. The van der Waals surface area contributed by atoms with E-state index in [4.69, 9.17) is 0 Å². The molecule has 1 fully saturated rings. The van der Waals surface area contributed by atoms with E-state index < -0.39 is 0 Å². The Hall–Kier alpha value is -2.43. The number of carbonyl (C=O) groups is 1. The largest absolute Gasteiger partial charge is 0.355 e. The number of hydrogen-bond donors (Lipinski definition) is 0. The summed E-state index contributed by atoms with van der Waals surface area (Å²) < 4.78 is 0. The zero-order valence-electron chi connectivity index (χ0n) is 13.3. The zero-order valence-corrected chi connectivity index (χ0v) is 13.3. The van der Waals surface area contributed by atoms with Crippen molar-refractivity contribution in [3.8, 4) is 0 Å². The van der Waals surface area contributed by atoms with E-state index in [0.29, 0.717) is 0 Å². The monoisotopic (exact) mass is 308 g/mol. The number of fused-ring (bicyclic) bond motifs is 2. The molecule has 1 saturated heterocycles. The van der Waals surface area contributed by atoms with Gasteiger partial charge in [0.25, 0.3) is 0 Å². The van der Waals surface area contributed by atoms with E-state index in [1.165, 1.54) is 5.56 Å². The van der Waals surface area contributed by atoms with E-state index in [9.17, 15) is 4.79 Å². The summed E-state index contributed by atoms with van der Waals surface area (Å²) in [7, 11) is 0. The van der Waals surface area contributed by atoms with Crippen LogP contribution in [0.5, 0.6) is 0 Å². The number of benzene rings is 1. The van der Waals surface area contributed by atoms with Crippen molar-refractivity contribution in [1.29, 1.82) is 0 Å². The van der Waals surface area contributed by atoms with Crippen molar-refractivity contribution in [2.24, 2.45) is 0 Å². The number of carbonyl (C=O) groups excluding carboxylic acids is 1. The molecular weight excluding hydrogens is 288 g/mol. The second kappa shape index (κ2) is 5.33. The maximum absolute atomic E-state index is 13.1. The lowest BCUT2D eigenvalue weighted by Gasteiger charge is -2.38. The van der Waals surface area contributed by atoms with Crippen LogP contribution in [-0.4, -0.2) is 35.5 Å². The van der Waals surface area contributed by atoms with Crippen LogP contribution < -0.4 is 9.80 Å². The lowest BCUT2D eigenvalue weighted by molar-refractivity contribution is -0.123. The minimum Gasteiger partial charge on any atom is -0.355 e. The molecule has 0 aliphatic carbocycles. The third-order valence-electron chi connectivity index (χ3n) is 5.17. The van der Waals surface area contributed by atoms with E-state index in [1.54, 1.807) is 18.6 Å². The van der Waals surface area contributed by atoms with Crippen molar-refractivity contribution in [1.82, 2.24) is 9.97 Å². The van der Waals surface area contributed by atoms with Crippen LogP contribution in [0.25, 0.3) is 0 Å². The van der Waals surface area contributed by atoms with Gasteiger partial charge in [0.05, 0.1) is 11.6 Å². The fourth-order valence-electron chi connectivity index (χ4n) is 3.97. The number of piperidine rings is 1. The quantitative estimate of drug-likeness (QED) is 0.855. The normalized spacial score (nSPS) is 19.3. The highest BCUT2D eigenvalue weighted by Crippen LogP contribution is 2.47. The number of hydrogen-bond acceptors (Lipinski definition) is 4. The van der Waals surface area contributed by atoms with Crippen molar-refractivity contribution in [2.75, 3.05) is 29.4 Å². The Kier molecular flexibility index (Phi) is 3.29. The van der Waals surface area contributed by atoms with Crippen molar-refractivity contribution < 1.29 is 4.79 Å². The van der Waals surface area contributed by atoms with Crippen LogP contribution in [0.3, 0.4) is 0 Å². The van der Waals surface area contributed by atoms with E-state index in [2.05, 4.69) is 27.0 Å². The van der Waals surface area contributed by atoms with Crippen LogP contribution in [0.15, 0.2) is 42.9 Å². The first-order chi connectivity index (χ1) is 11.3. The Labute approximate surface area is 136 Å². The summed E-state index contributed by atoms with van der Waals surface area (Å²) in [6.07, 6.45) is 6.85. The average molecular weight is 308 g/mol. The van der Waals surface area contributed by atoms with Crippen LogP contribution in [-0.2, 0) is 10.2 Å². The Morgan fingerprint density at radius 2 is 1.96 bits per heavy atom. The zero-order chi connectivity index (χ0) is 15.9. The number of para-hydroxylation sites is 1. The topological polar surface area (TPSA) is 49.3 Å². The Balaban J connectivity index is 1.65. The van der Waals surface area contributed by atoms with Gasteiger partial charge in [-0.2, -0.15) is 0 Å². The van der Waals surface area contributed by atoms with Gasteiger partial charge >= 0.3 is 0 Å². The fourth-order valence-corrected chi connectivity index (χ4v) is 3.97. The van der Waals surface area contributed by atoms with Gasteiger partial charge in [-0.25, -0.2) is 4.98 Å². The van der Waals surface area contributed by atoms with E-state index in [1.807, 2.05) is 24.0 Å². The molecule has 118 valence electrons. The summed E-state index contributed by atoms with van der Waals surface area (Å²) in [4.78, 5) is 25.8. The van der Waals surface area contributed by atoms with Gasteiger partial charge < -0.3 is 9.80 Å². The molecule has 5 heteroatoms. The van der Waals surface area contributed by atoms with Crippen LogP contribution in [0.4, 0.5) is 11.5 Å². The molecule has 0 atom stereocenters. The second-order valence-electron chi connectivity index (χ2n) is 6.20. The van der Waals surface area contributed by atoms with E-state index >= 15 is 0 Å². The average Bonchev–Trinajstić information content (AvgIpc) is 2.85. The third kappa shape index (κ3) is 2.03. The molecule has 1 aromatic heterocycles. The first kappa shape index (κ1) is 14.2. The highest BCUT2D eigenvalue weighted by molar-refractivity contribution is 6.08. The van der Waals surface area contributed by atoms with Crippen LogP contribution in [0.1, 0.15) is 25.3 Å². The standard InChI is InChI=1S/C18H20N4O/c1-2-22-15-6-4-3-5-14(15)18(17(22)23)7-11-21(12-8-18)16-13-19-9-10-20-16/h3-6,9-10,13H,2,7-8,11-12H2,1H3. The molecule has 1 spiro atoms. The number of anilines is 2.